The van der Waals surface area contributed by atoms with Gasteiger partial charge in [0, 0.05) is 19.6 Å². The second-order valence-electron chi connectivity index (χ2n) is 7.20. The lowest BCUT2D eigenvalue weighted by Gasteiger charge is -2.21. The summed E-state index contributed by atoms with van der Waals surface area (Å²) in [4.78, 5) is 24.4. The van der Waals surface area contributed by atoms with Crippen LogP contribution in [0, 0.1) is 11.3 Å². The third-order valence-corrected chi connectivity index (χ3v) is 5.20. The smallest absolute Gasteiger partial charge is 0.243 e. The normalized spacial score (nSPS) is 14.5. The number of nitriles is 1. The van der Waals surface area contributed by atoms with E-state index in [2.05, 4.69) is 16.3 Å². The summed E-state index contributed by atoms with van der Waals surface area (Å²) in [7, 11) is 0. The summed E-state index contributed by atoms with van der Waals surface area (Å²) in [5.41, 5.74) is 3.07. The summed E-state index contributed by atoms with van der Waals surface area (Å²) in [5, 5.41) is 12.7. The fourth-order valence-corrected chi connectivity index (χ4v) is 3.68. The molecule has 1 N–H and O–H groups in total. The van der Waals surface area contributed by atoms with Gasteiger partial charge in [0.25, 0.3) is 0 Å². The Morgan fingerprint density at radius 1 is 1.03 bits per heavy atom. The Kier molecular flexibility index (Phi) is 5.66. The molecule has 1 atom stereocenters. The molecule has 0 spiro atoms. The third kappa shape index (κ3) is 4.19. The van der Waals surface area contributed by atoms with Gasteiger partial charge in [0.05, 0.1) is 17.1 Å². The number of amides is 1. The van der Waals surface area contributed by atoms with Crippen molar-refractivity contribution in [3.63, 3.8) is 0 Å². The number of aromatic nitrogens is 2. The van der Waals surface area contributed by atoms with Crippen LogP contribution in [0.15, 0.2) is 54.6 Å². The van der Waals surface area contributed by atoms with Gasteiger partial charge < -0.3 is 10.2 Å². The van der Waals surface area contributed by atoms with Gasteiger partial charge in [0.2, 0.25) is 5.91 Å². The molecule has 1 fully saturated rings. The van der Waals surface area contributed by atoms with Crippen LogP contribution in [0.25, 0.3) is 11.0 Å². The van der Waals surface area contributed by atoms with Gasteiger partial charge in [-0.2, -0.15) is 5.26 Å². The lowest BCUT2D eigenvalue weighted by atomic mass is 10.0. The Balaban J connectivity index is 1.59. The molecule has 1 unspecified atom stereocenters. The molecule has 1 aliphatic heterocycles. The molecule has 6 heteroatoms. The number of carbonyl (C=O) groups excluding carboxylic acids is 1. The molecule has 146 valence electrons. The summed E-state index contributed by atoms with van der Waals surface area (Å²) in [6.45, 7) is 2.21. The van der Waals surface area contributed by atoms with Gasteiger partial charge in [-0.3, -0.25) is 4.79 Å². The number of nitrogens with one attached hydrogen (secondary N) is 1. The first-order chi connectivity index (χ1) is 14.3. The average Bonchev–Trinajstić information content (AvgIpc) is 3.29. The maximum Gasteiger partial charge on any atom is 0.243 e. The Bertz CT molecular complexity index is 1040. The van der Waals surface area contributed by atoms with Crippen molar-refractivity contribution in [2.45, 2.75) is 25.2 Å². The number of carbonyl (C=O) groups is 1. The standard InChI is InChI=1S/C23H23N5O/c24-16-18(23(29)25-13-12-17-8-2-1-3-9-17)21-22(28-14-6-7-15-28)27-20-11-5-4-10-19(20)26-21/h1-5,8-11,18H,6-7,12-15H2,(H,25,29). The van der Waals surface area contributed by atoms with Crippen molar-refractivity contribution >= 4 is 22.8 Å². The molecule has 0 radical (unpaired) electrons. The SMILES string of the molecule is N#CC(C(=O)NCCc1ccccc1)c1nc2ccccc2nc1N1CCCC1. The predicted molar refractivity (Wildman–Crippen MR) is 112 cm³/mol. The van der Waals surface area contributed by atoms with E-state index in [0.29, 0.717) is 30.0 Å². The van der Waals surface area contributed by atoms with Crippen molar-refractivity contribution in [2.24, 2.45) is 0 Å². The lowest BCUT2D eigenvalue weighted by Crippen LogP contribution is -2.32. The van der Waals surface area contributed by atoms with Crippen molar-refractivity contribution in [2.75, 3.05) is 24.5 Å². The van der Waals surface area contributed by atoms with E-state index < -0.39 is 5.92 Å². The molecule has 1 saturated heterocycles. The molecule has 1 aliphatic rings. The van der Waals surface area contributed by atoms with Crippen LogP contribution in [0.3, 0.4) is 0 Å². The number of fused-ring (bicyclic) bond motifs is 1. The Hall–Kier alpha value is -3.46. The predicted octanol–water partition coefficient (Wildman–Crippen LogP) is 3.20. The average molecular weight is 385 g/mol. The minimum Gasteiger partial charge on any atom is -0.355 e. The summed E-state index contributed by atoms with van der Waals surface area (Å²) >= 11 is 0. The van der Waals surface area contributed by atoms with E-state index in [1.807, 2.05) is 54.6 Å². The van der Waals surface area contributed by atoms with Gasteiger partial charge in [0.15, 0.2) is 11.7 Å². The van der Waals surface area contributed by atoms with E-state index in [9.17, 15) is 10.1 Å². The van der Waals surface area contributed by atoms with Crippen LogP contribution in [-0.4, -0.2) is 35.5 Å². The Morgan fingerprint density at radius 3 is 2.38 bits per heavy atom. The van der Waals surface area contributed by atoms with Gasteiger partial charge in [-0.25, -0.2) is 9.97 Å². The molecule has 0 saturated carbocycles. The molecule has 1 aromatic heterocycles. The molecular weight excluding hydrogens is 362 g/mol. The van der Waals surface area contributed by atoms with Gasteiger partial charge in [-0.1, -0.05) is 42.5 Å². The molecule has 29 heavy (non-hydrogen) atoms. The quantitative estimate of drug-likeness (QED) is 0.705. The second kappa shape index (κ2) is 8.70. The summed E-state index contributed by atoms with van der Waals surface area (Å²) in [6.07, 6.45) is 2.87. The van der Waals surface area contributed by atoms with Gasteiger partial charge in [-0.05, 0) is 37.0 Å². The van der Waals surface area contributed by atoms with E-state index in [1.165, 1.54) is 0 Å². The Labute approximate surface area is 170 Å². The van der Waals surface area contributed by atoms with Crippen molar-refractivity contribution < 1.29 is 4.79 Å². The number of para-hydroxylation sites is 2. The van der Waals surface area contributed by atoms with Crippen molar-refractivity contribution in [1.82, 2.24) is 15.3 Å². The zero-order valence-electron chi connectivity index (χ0n) is 16.2. The zero-order valence-corrected chi connectivity index (χ0v) is 16.2. The second-order valence-corrected chi connectivity index (χ2v) is 7.20. The van der Waals surface area contributed by atoms with Crippen LogP contribution >= 0.6 is 0 Å². The number of nitrogens with zero attached hydrogens (tertiary/aromatic N) is 4. The van der Waals surface area contributed by atoms with Crippen LogP contribution in [-0.2, 0) is 11.2 Å². The van der Waals surface area contributed by atoms with E-state index in [4.69, 9.17) is 9.97 Å². The summed E-state index contributed by atoms with van der Waals surface area (Å²) in [5.74, 6) is -0.655. The number of benzene rings is 2. The third-order valence-electron chi connectivity index (χ3n) is 5.20. The monoisotopic (exact) mass is 385 g/mol. The van der Waals surface area contributed by atoms with Gasteiger partial charge in [0.1, 0.15) is 5.69 Å². The van der Waals surface area contributed by atoms with Gasteiger partial charge in [-0.15, -0.1) is 0 Å². The fourth-order valence-electron chi connectivity index (χ4n) is 3.68. The topological polar surface area (TPSA) is 81.9 Å². The van der Waals surface area contributed by atoms with E-state index in [1.54, 1.807) is 0 Å². The summed E-state index contributed by atoms with van der Waals surface area (Å²) < 4.78 is 0. The highest BCUT2D eigenvalue weighted by Crippen LogP contribution is 2.29. The lowest BCUT2D eigenvalue weighted by molar-refractivity contribution is -0.121. The minimum atomic E-state index is -0.988. The number of hydrogen-bond donors (Lipinski definition) is 1. The van der Waals surface area contributed by atoms with E-state index in [-0.39, 0.29) is 5.91 Å². The molecule has 3 aromatic rings. The van der Waals surface area contributed by atoms with Crippen LogP contribution in [0.4, 0.5) is 5.82 Å². The maximum atomic E-state index is 12.8. The van der Waals surface area contributed by atoms with Gasteiger partial charge >= 0.3 is 0 Å². The van der Waals surface area contributed by atoms with E-state index >= 15 is 0 Å². The van der Waals surface area contributed by atoms with Crippen LogP contribution < -0.4 is 10.2 Å². The van der Waals surface area contributed by atoms with Crippen molar-refractivity contribution in [3.05, 3.63) is 65.9 Å². The molecular formula is C23H23N5O. The molecule has 0 aliphatic carbocycles. The first-order valence-electron chi connectivity index (χ1n) is 9.99. The number of anilines is 1. The number of hydrogen-bond acceptors (Lipinski definition) is 5. The first-order valence-corrected chi connectivity index (χ1v) is 9.99. The van der Waals surface area contributed by atoms with Crippen LogP contribution in [0.2, 0.25) is 0 Å². The highest BCUT2D eigenvalue weighted by atomic mass is 16.1. The molecule has 1 amide bonds. The Morgan fingerprint density at radius 2 is 1.69 bits per heavy atom. The molecule has 2 heterocycles. The van der Waals surface area contributed by atoms with E-state index in [0.717, 1.165) is 37.0 Å². The zero-order chi connectivity index (χ0) is 20.1. The van der Waals surface area contributed by atoms with Crippen LogP contribution in [0.5, 0.6) is 0 Å². The molecule has 4 rings (SSSR count). The molecule has 6 nitrogen and oxygen atoms in total. The largest absolute Gasteiger partial charge is 0.355 e. The highest BCUT2D eigenvalue weighted by molar-refractivity contribution is 5.88. The highest BCUT2D eigenvalue weighted by Gasteiger charge is 2.29. The summed E-state index contributed by atoms with van der Waals surface area (Å²) in [6, 6.07) is 19.7. The maximum absolute atomic E-state index is 12.8. The fraction of sp³-hybridized carbons (Fsp3) is 0.304. The molecule has 2 aromatic carbocycles. The van der Waals surface area contributed by atoms with Crippen LogP contribution in [0.1, 0.15) is 30.0 Å². The number of rotatable bonds is 6. The minimum absolute atomic E-state index is 0.326. The first kappa shape index (κ1) is 18.9. The van der Waals surface area contributed by atoms with Crippen molar-refractivity contribution in [3.8, 4) is 6.07 Å². The van der Waals surface area contributed by atoms with Crippen molar-refractivity contribution in [1.29, 1.82) is 5.26 Å². The molecule has 0 bridgehead atoms.